The van der Waals surface area contributed by atoms with Crippen LogP contribution in [0.2, 0.25) is 0 Å². The maximum Gasteiger partial charge on any atom is 0.417 e. The van der Waals surface area contributed by atoms with Crippen LogP contribution in [0.1, 0.15) is 22.3 Å². The van der Waals surface area contributed by atoms with Crippen molar-refractivity contribution in [3.05, 3.63) is 47.8 Å². The first-order valence-corrected chi connectivity index (χ1v) is 9.68. The van der Waals surface area contributed by atoms with Gasteiger partial charge in [0.25, 0.3) is 5.91 Å². The molecule has 2 fully saturated rings. The van der Waals surface area contributed by atoms with Gasteiger partial charge in [-0.3, -0.25) is 4.79 Å². The van der Waals surface area contributed by atoms with Crippen molar-refractivity contribution in [2.24, 2.45) is 0 Å². The van der Waals surface area contributed by atoms with E-state index >= 15 is 0 Å². The number of ether oxygens (including phenoxy) is 2. The first-order valence-electron chi connectivity index (χ1n) is 9.68. The Hall–Kier alpha value is -2.88. The van der Waals surface area contributed by atoms with Crippen LogP contribution < -0.4 is 9.64 Å². The molecule has 0 aliphatic carbocycles. The van der Waals surface area contributed by atoms with Gasteiger partial charge in [-0.1, -0.05) is 0 Å². The van der Waals surface area contributed by atoms with E-state index in [2.05, 4.69) is 9.97 Å². The molecular formula is C20H21F3N4O3. The number of carbonyl (C=O) groups is 1. The Balaban J connectivity index is 1.35. The molecule has 1 atom stereocenters. The van der Waals surface area contributed by atoms with Crippen molar-refractivity contribution in [1.29, 1.82) is 0 Å². The number of pyridine rings is 2. The molecule has 0 bridgehead atoms. The van der Waals surface area contributed by atoms with Gasteiger partial charge in [-0.05, 0) is 18.2 Å². The predicted molar refractivity (Wildman–Crippen MR) is 101 cm³/mol. The molecule has 0 saturated carbocycles. The summed E-state index contributed by atoms with van der Waals surface area (Å²) in [5.41, 5.74) is -0.292. The highest BCUT2D eigenvalue weighted by molar-refractivity contribution is 5.94. The summed E-state index contributed by atoms with van der Waals surface area (Å²) in [6.45, 7) is 3.02. The van der Waals surface area contributed by atoms with Crippen LogP contribution in [0.15, 0.2) is 36.7 Å². The fourth-order valence-electron chi connectivity index (χ4n) is 3.45. The summed E-state index contributed by atoms with van der Waals surface area (Å²) < 4.78 is 49.1. The van der Waals surface area contributed by atoms with Crippen LogP contribution in [0.5, 0.6) is 5.88 Å². The Labute approximate surface area is 171 Å². The Morgan fingerprint density at radius 2 is 1.93 bits per heavy atom. The number of nitrogens with zero attached hydrogens (tertiary/aromatic N) is 4. The zero-order chi connectivity index (χ0) is 21.1. The Kier molecular flexibility index (Phi) is 5.76. The van der Waals surface area contributed by atoms with Crippen molar-refractivity contribution in [1.82, 2.24) is 14.9 Å². The number of alkyl halides is 3. The Morgan fingerprint density at radius 3 is 2.57 bits per heavy atom. The topological polar surface area (TPSA) is 67.8 Å². The molecule has 2 saturated heterocycles. The zero-order valence-corrected chi connectivity index (χ0v) is 16.1. The molecule has 2 aromatic rings. The van der Waals surface area contributed by atoms with Crippen molar-refractivity contribution in [2.75, 3.05) is 44.3 Å². The van der Waals surface area contributed by atoms with Gasteiger partial charge in [0.2, 0.25) is 5.88 Å². The number of amides is 1. The summed E-state index contributed by atoms with van der Waals surface area (Å²) in [6, 6.07) is 5.65. The standard InChI is InChI=1S/C20H21F3N4O3/c21-20(22,23)15-1-2-17(25-12-15)26-6-8-27(9-7-26)19(28)14-3-5-24-18(11-14)30-16-4-10-29-13-16/h1-3,5,11-12,16H,4,6-10,13H2. The van der Waals surface area contributed by atoms with Gasteiger partial charge in [-0.2, -0.15) is 13.2 Å². The highest BCUT2D eigenvalue weighted by atomic mass is 19.4. The van der Waals surface area contributed by atoms with Crippen molar-refractivity contribution in [3.8, 4) is 5.88 Å². The van der Waals surface area contributed by atoms with Gasteiger partial charge >= 0.3 is 6.18 Å². The minimum atomic E-state index is -4.41. The first-order chi connectivity index (χ1) is 14.4. The summed E-state index contributed by atoms with van der Waals surface area (Å²) in [4.78, 5) is 24.5. The summed E-state index contributed by atoms with van der Waals surface area (Å²) in [5, 5.41) is 0. The lowest BCUT2D eigenvalue weighted by molar-refractivity contribution is -0.137. The van der Waals surface area contributed by atoms with Gasteiger partial charge < -0.3 is 19.3 Å². The second kappa shape index (κ2) is 8.47. The normalized spacial score (nSPS) is 19.8. The molecule has 0 N–H and O–H groups in total. The lowest BCUT2D eigenvalue weighted by Crippen LogP contribution is -2.49. The van der Waals surface area contributed by atoms with E-state index < -0.39 is 11.7 Å². The third kappa shape index (κ3) is 4.64. The van der Waals surface area contributed by atoms with E-state index in [0.29, 0.717) is 56.7 Å². The number of rotatable bonds is 4. The van der Waals surface area contributed by atoms with Crippen LogP contribution in [-0.4, -0.2) is 66.3 Å². The molecule has 0 radical (unpaired) electrons. The largest absolute Gasteiger partial charge is 0.472 e. The SMILES string of the molecule is O=C(c1ccnc(OC2CCOC2)c1)N1CCN(c2ccc(C(F)(F)F)cn2)CC1. The fraction of sp³-hybridized carbons (Fsp3) is 0.450. The number of halogens is 3. The van der Waals surface area contributed by atoms with Gasteiger partial charge in [0.15, 0.2) is 0 Å². The van der Waals surface area contributed by atoms with Crippen LogP contribution in [0.3, 0.4) is 0 Å². The summed E-state index contributed by atoms with van der Waals surface area (Å²) in [6.07, 6.45) is -1.29. The number of carbonyl (C=O) groups excluding carboxylic acids is 1. The number of aromatic nitrogens is 2. The van der Waals surface area contributed by atoms with Crippen LogP contribution in [0.25, 0.3) is 0 Å². The minimum Gasteiger partial charge on any atom is -0.472 e. The lowest BCUT2D eigenvalue weighted by Gasteiger charge is -2.35. The van der Waals surface area contributed by atoms with Gasteiger partial charge in [0.05, 0.1) is 18.8 Å². The third-order valence-electron chi connectivity index (χ3n) is 5.12. The van der Waals surface area contributed by atoms with E-state index in [1.807, 2.05) is 4.90 Å². The second-order valence-electron chi connectivity index (χ2n) is 7.17. The molecular weight excluding hydrogens is 401 g/mol. The number of hydrogen-bond acceptors (Lipinski definition) is 6. The third-order valence-corrected chi connectivity index (χ3v) is 5.12. The quantitative estimate of drug-likeness (QED) is 0.755. The predicted octanol–water partition coefficient (Wildman–Crippen LogP) is 2.63. The van der Waals surface area contributed by atoms with E-state index in [-0.39, 0.29) is 12.0 Å². The van der Waals surface area contributed by atoms with Gasteiger partial charge in [0, 0.05) is 56.6 Å². The van der Waals surface area contributed by atoms with Crippen LogP contribution in [-0.2, 0) is 10.9 Å². The van der Waals surface area contributed by atoms with Crippen LogP contribution >= 0.6 is 0 Å². The molecule has 1 unspecified atom stereocenters. The van der Waals surface area contributed by atoms with Crippen molar-refractivity contribution in [3.63, 3.8) is 0 Å². The molecule has 4 heterocycles. The van der Waals surface area contributed by atoms with E-state index in [9.17, 15) is 18.0 Å². The number of hydrogen-bond donors (Lipinski definition) is 0. The molecule has 1 amide bonds. The summed E-state index contributed by atoms with van der Waals surface area (Å²) >= 11 is 0. The smallest absolute Gasteiger partial charge is 0.417 e. The van der Waals surface area contributed by atoms with Gasteiger partial charge in [-0.25, -0.2) is 9.97 Å². The first kappa shape index (κ1) is 20.4. The van der Waals surface area contributed by atoms with Crippen molar-refractivity contribution in [2.45, 2.75) is 18.7 Å². The minimum absolute atomic E-state index is 0.0531. The van der Waals surface area contributed by atoms with Crippen LogP contribution in [0, 0.1) is 0 Å². The van der Waals surface area contributed by atoms with Gasteiger partial charge in [-0.15, -0.1) is 0 Å². The molecule has 7 nitrogen and oxygen atoms in total. The van der Waals surface area contributed by atoms with E-state index in [1.165, 1.54) is 6.07 Å². The molecule has 10 heteroatoms. The number of piperazine rings is 1. The van der Waals surface area contributed by atoms with Gasteiger partial charge in [0.1, 0.15) is 11.9 Å². The Bertz CT molecular complexity index is 878. The average molecular weight is 422 g/mol. The molecule has 2 aliphatic heterocycles. The highest BCUT2D eigenvalue weighted by Crippen LogP contribution is 2.29. The maximum absolute atomic E-state index is 12.8. The average Bonchev–Trinajstić information content (AvgIpc) is 3.26. The second-order valence-corrected chi connectivity index (χ2v) is 7.17. The maximum atomic E-state index is 12.8. The fourth-order valence-corrected chi connectivity index (χ4v) is 3.45. The molecule has 0 spiro atoms. The molecule has 30 heavy (non-hydrogen) atoms. The molecule has 0 aromatic carbocycles. The van der Waals surface area contributed by atoms with Crippen molar-refractivity contribution >= 4 is 11.7 Å². The van der Waals surface area contributed by atoms with Crippen LogP contribution in [0.4, 0.5) is 19.0 Å². The summed E-state index contributed by atoms with van der Waals surface area (Å²) in [7, 11) is 0. The molecule has 2 aromatic heterocycles. The monoisotopic (exact) mass is 422 g/mol. The molecule has 4 rings (SSSR count). The Morgan fingerprint density at radius 1 is 1.13 bits per heavy atom. The molecule has 160 valence electrons. The van der Waals surface area contributed by atoms with E-state index in [1.54, 1.807) is 23.2 Å². The number of anilines is 1. The summed E-state index contributed by atoms with van der Waals surface area (Å²) in [5.74, 6) is 0.724. The zero-order valence-electron chi connectivity index (χ0n) is 16.1. The van der Waals surface area contributed by atoms with E-state index in [4.69, 9.17) is 9.47 Å². The highest BCUT2D eigenvalue weighted by Gasteiger charge is 2.31. The lowest BCUT2D eigenvalue weighted by atomic mass is 10.2. The van der Waals surface area contributed by atoms with Crippen molar-refractivity contribution < 1.29 is 27.4 Å². The van der Waals surface area contributed by atoms with E-state index in [0.717, 1.165) is 18.7 Å². The molecule has 2 aliphatic rings.